The number of nitrogens with one attached hydrogen (secondary N) is 1. The Balaban J connectivity index is 2.49. The molecule has 2 amide bonds. The van der Waals surface area contributed by atoms with E-state index in [1.54, 1.807) is 18.2 Å². The standard InChI is InChI=1S/C14H17N3O4/c1-16-7-3-6-12(19)15-10-4-2-5-11(14(10)16)17(9-18)8-13(20)21/h2,4-5,9H,3,6-8H2,1H3,(H,15,19)(H,20,21). The van der Waals surface area contributed by atoms with Crippen molar-refractivity contribution in [2.75, 3.05) is 35.3 Å². The van der Waals surface area contributed by atoms with Gasteiger partial charge in [-0.1, -0.05) is 6.07 Å². The van der Waals surface area contributed by atoms with Gasteiger partial charge in [0.25, 0.3) is 0 Å². The summed E-state index contributed by atoms with van der Waals surface area (Å²) in [6.07, 6.45) is 1.61. The van der Waals surface area contributed by atoms with Crippen molar-refractivity contribution < 1.29 is 19.5 Å². The van der Waals surface area contributed by atoms with Gasteiger partial charge in [0, 0.05) is 20.0 Å². The largest absolute Gasteiger partial charge is 0.480 e. The average Bonchev–Trinajstić information content (AvgIpc) is 2.42. The Hall–Kier alpha value is -2.57. The van der Waals surface area contributed by atoms with Gasteiger partial charge < -0.3 is 20.2 Å². The maximum Gasteiger partial charge on any atom is 0.323 e. The van der Waals surface area contributed by atoms with E-state index in [2.05, 4.69) is 5.32 Å². The van der Waals surface area contributed by atoms with Gasteiger partial charge in [-0.2, -0.15) is 0 Å². The predicted octanol–water partition coefficient (Wildman–Crippen LogP) is 0.903. The molecular formula is C14H17N3O4. The fourth-order valence-electron chi connectivity index (χ4n) is 2.39. The number of anilines is 3. The van der Waals surface area contributed by atoms with E-state index >= 15 is 0 Å². The van der Waals surface area contributed by atoms with Gasteiger partial charge in [-0.25, -0.2) is 0 Å². The van der Waals surface area contributed by atoms with Crippen LogP contribution in [-0.2, 0) is 14.4 Å². The maximum atomic E-state index is 11.7. The van der Waals surface area contributed by atoms with Gasteiger partial charge in [0.1, 0.15) is 6.54 Å². The molecule has 0 aromatic heterocycles. The average molecular weight is 291 g/mol. The highest BCUT2D eigenvalue weighted by Crippen LogP contribution is 2.36. The van der Waals surface area contributed by atoms with Crippen LogP contribution in [0.4, 0.5) is 17.1 Å². The summed E-state index contributed by atoms with van der Waals surface area (Å²) in [5.74, 6) is -1.19. The molecule has 2 N–H and O–H groups in total. The maximum absolute atomic E-state index is 11.7. The summed E-state index contributed by atoms with van der Waals surface area (Å²) in [5.41, 5.74) is 1.70. The Morgan fingerprint density at radius 1 is 1.52 bits per heavy atom. The second-order valence-electron chi connectivity index (χ2n) is 4.87. The van der Waals surface area contributed by atoms with Crippen molar-refractivity contribution in [3.8, 4) is 0 Å². The minimum absolute atomic E-state index is 0.0858. The van der Waals surface area contributed by atoms with Gasteiger partial charge in [-0.05, 0) is 18.6 Å². The number of benzene rings is 1. The molecule has 0 aliphatic carbocycles. The lowest BCUT2D eigenvalue weighted by Gasteiger charge is -2.30. The van der Waals surface area contributed by atoms with E-state index in [0.717, 1.165) is 4.90 Å². The third-order valence-electron chi connectivity index (χ3n) is 3.31. The zero-order valence-corrected chi connectivity index (χ0v) is 11.7. The van der Waals surface area contributed by atoms with Crippen molar-refractivity contribution in [3.05, 3.63) is 18.2 Å². The molecule has 21 heavy (non-hydrogen) atoms. The Bertz CT molecular complexity index is 573. The third-order valence-corrected chi connectivity index (χ3v) is 3.31. The first-order valence-electron chi connectivity index (χ1n) is 6.60. The highest BCUT2D eigenvalue weighted by atomic mass is 16.4. The number of nitrogens with zero attached hydrogens (tertiary/aromatic N) is 2. The van der Waals surface area contributed by atoms with Crippen molar-refractivity contribution in [2.45, 2.75) is 12.8 Å². The SMILES string of the molecule is CN1CCCC(=O)Nc2cccc(N(C=O)CC(=O)O)c21. The summed E-state index contributed by atoms with van der Waals surface area (Å²) in [6.45, 7) is 0.221. The molecule has 0 saturated carbocycles. The highest BCUT2D eigenvalue weighted by molar-refractivity contribution is 6.00. The van der Waals surface area contributed by atoms with Crippen LogP contribution in [0.5, 0.6) is 0 Å². The molecule has 0 unspecified atom stereocenters. The molecule has 112 valence electrons. The first kappa shape index (κ1) is 14.8. The first-order valence-corrected chi connectivity index (χ1v) is 6.60. The summed E-state index contributed by atoms with van der Waals surface area (Å²) in [6, 6.07) is 5.09. The van der Waals surface area contributed by atoms with Crippen LogP contribution in [0, 0.1) is 0 Å². The van der Waals surface area contributed by atoms with Crippen LogP contribution in [0.1, 0.15) is 12.8 Å². The molecule has 0 radical (unpaired) electrons. The molecule has 1 aromatic rings. The Kier molecular flexibility index (Phi) is 4.42. The summed E-state index contributed by atoms with van der Waals surface area (Å²) >= 11 is 0. The van der Waals surface area contributed by atoms with Crippen molar-refractivity contribution in [3.63, 3.8) is 0 Å². The molecule has 0 bridgehead atoms. The fraction of sp³-hybridized carbons (Fsp3) is 0.357. The van der Waals surface area contributed by atoms with Crippen LogP contribution < -0.4 is 15.1 Å². The molecule has 0 fully saturated rings. The molecule has 7 nitrogen and oxygen atoms in total. The zero-order valence-electron chi connectivity index (χ0n) is 11.7. The van der Waals surface area contributed by atoms with Crippen LogP contribution in [0.15, 0.2) is 18.2 Å². The Morgan fingerprint density at radius 3 is 2.95 bits per heavy atom. The lowest BCUT2D eigenvalue weighted by molar-refractivity contribution is -0.136. The van der Waals surface area contributed by atoms with E-state index in [9.17, 15) is 14.4 Å². The van der Waals surface area contributed by atoms with Gasteiger partial charge in [0.2, 0.25) is 12.3 Å². The van der Waals surface area contributed by atoms with Crippen LogP contribution in [-0.4, -0.2) is 43.5 Å². The third kappa shape index (κ3) is 3.31. The monoisotopic (exact) mass is 291 g/mol. The minimum atomic E-state index is -1.10. The number of carbonyl (C=O) groups is 3. The van der Waals surface area contributed by atoms with Crippen LogP contribution in [0.3, 0.4) is 0 Å². The predicted molar refractivity (Wildman–Crippen MR) is 78.6 cm³/mol. The molecule has 0 spiro atoms. The van der Waals surface area contributed by atoms with Crippen molar-refractivity contribution in [1.82, 2.24) is 0 Å². The molecule has 0 atom stereocenters. The van der Waals surface area contributed by atoms with Crippen LogP contribution in [0.25, 0.3) is 0 Å². The number of hydrogen-bond donors (Lipinski definition) is 2. The molecule has 1 heterocycles. The van der Waals surface area contributed by atoms with E-state index in [1.165, 1.54) is 0 Å². The Morgan fingerprint density at radius 2 is 2.29 bits per heavy atom. The van der Waals surface area contributed by atoms with Crippen molar-refractivity contribution >= 4 is 35.3 Å². The fourth-order valence-corrected chi connectivity index (χ4v) is 2.39. The van der Waals surface area contributed by atoms with E-state index < -0.39 is 12.5 Å². The van der Waals surface area contributed by atoms with Gasteiger partial charge in [0.05, 0.1) is 17.1 Å². The first-order chi connectivity index (χ1) is 10.0. The molecular weight excluding hydrogens is 274 g/mol. The molecule has 1 aromatic carbocycles. The zero-order chi connectivity index (χ0) is 15.4. The van der Waals surface area contributed by atoms with Crippen molar-refractivity contribution in [1.29, 1.82) is 0 Å². The smallest absolute Gasteiger partial charge is 0.323 e. The summed E-state index contributed by atoms with van der Waals surface area (Å²) in [5, 5.41) is 11.7. The number of aliphatic carboxylic acids is 1. The molecule has 2 rings (SSSR count). The van der Waals surface area contributed by atoms with Crippen LogP contribution >= 0.6 is 0 Å². The molecule has 7 heteroatoms. The van der Waals surface area contributed by atoms with Gasteiger partial charge in [-0.3, -0.25) is 14.4 Å². The number of para-hydroxylation sites is 1. The lowest BCUT2D eigenvalue weighted by atomic mass is 10.1. The van der Waals surface area contributed by atoms with E-state index in [-0.39, 0.29) is 5.91 Å². The summed E-state index contributed by atoms with van der Waals surface area (Å²) in [4.78, 5) is 36.9. The summed E-state index contributed by atoms with van der Waals surface area (Å²) in [7, 11) is 1.85. The molecule has 1 aliphatic heterocycles. The Labute approximate surface area is 122 Å². The minimum Gasteiger partial charge on any atom is -0.480 e. The lowest BCUT2D eigenvalue weighted by Crippen LogP contribution is -2.32. The number of carboxylic acid groups (broad SMARTS) is 1. The van der Waals surface area contributed by atoms with Gasteiger partial charge >= 0.3 is 5.97 Å². The number of rotatable bonds is 4. The van der Waals surface area contributed by atoms with E-state index in [4.69, 9.17) is 5.11 Å². The van der Waals surface area contributed by atoms with Crippen LogP contribution in [0.2, 0.25) is 0 Å². The normalized spacial score (nSPS) is 14.5. The van der Waals surface area contributed by atoms with E-state index in [0.29, 0.717) is 42.9 Å². The van der Waals surface area contributed by atoms with Gasteiger partial charge in [-0.15, -0.1) is 0 Å². The summed E-state index contributed by atoms with van der Waals surface area (Å²) < 4.78 is 0. The molecule has 1 aliphatic rings. The topological polar surface area (TPSA) is 90.0 Å². The van der Waals surface area contributed by atoms with E-state index in [1.807, 2.05) is 11.9 Å². The molecule has 0 saturated heterocycles. The van der Waals surface area contributed by atoms with Crippen molar-refractivity contribution in [2.24, 2.45) is 0 Å². The number of hydrogen-bond acceptors (Lipinski definition) is 4. The second kappa shape index (κ2) is 6.25. The van der Waals surface area contributed by atoms with Gasteiger partial charge in [0.15, 0.2) is 0 Å². The highest BCUT2D eigenvalue weighted by Gasteiger charge is 2.22. The number of amides is 2. The quantitative estimate of drug-likeness (QED) is 0.805. The number of fused-ring (bicyclic) bond motifs is 1. The number of carboxylic acids is 1. The number of carbonyl (C=O) groups excluding carboxylic acids is 2. The second-order valence-corrected chi connectivity index (χ2v) is 4.87.